The van der Waals surface area contributed by atoms with Crippen LogP contribution >= 0.6 is 11.8 Å². The van der Waals surface area contributed by atoms with Crippen LogP contribution in [-0.4, -0.2) is 33.0 Å². The van der Waals surface area contributed by atoms with E-state index in [2.05, 4.69) is 4.98 Å². The van der Waals surface area contributed by atoms with Gasteiger partial charge in [0.15, 0.2) is 0 Å². The molecule has 23 heavy (non-hydrogen) atoms. The lowest BCUT2D eigenvalue weighted by molar-refractivity contribution is -0.171. The molecule has 2 N–H and O–H groups in total. The van der Waals surface area contributed by atoms with Gasteiger partial charge in [-0.1, -0.05) is 12.1 Å². The molecule has 1 unspecified atom stereocenters. The van der Waals surface area contributed by atoms with E-state index in [1.165, 1.54) is 17.5 Å². The highest BCUT2D eigenvalue weighted by Gasteiger charge is 2.51. The number of Topliss-reactive ketones (excluding diaryl/α,β-unsaturated/α-hetero) is 1. The van der Waals surface area contributed by atoms with Gasteiger partial charge in [-0.15, -0.1) is 11.8 Å². The van der Waals surface area contributed by atoms with Crippen LogP contribution in [0.4, 0.5) is 13.2 Å². The van der Waals surface area contributed by atoms with Crippen molar-refractivity contribution in [2.75, 3.05) is 0 Å². The zero-order valence-corrected chi connectivity index (χ0v) is 12.3. The first-order chi connectivity index (χ1) is 10.8. The molecule has 1 atom stereocenters. The highest BCUT2D eigenvalue weighted by Crippen LogP contribution is 2.41. The average molecular weight is 341 g/mol. The summed E-state index contributed by atoms with van der Waals surface area (Å²) in [6.45, 7) is 0. The second kappa shape index (κ2) is 5.45. The molecule has 0 aliphatic carbocycles. The molecule has 2 aromatic rings. The van der Waals surface area contributed by atoms with E-state index in [4.69, 9.17) is 5.11 Å². The van der Waals surface area contributed by atoms with Crippen molar-refractivity contribution in [3.05, 3.63) is 41.2 Å². The number of carboxylic acids is 1. The third-order valence-corrected chi connectivity index (χ3v) is 4.79. The SMILES string of the molecule is O=C(O)C(F)(F)C(=O)C1CC(c2c[nH]c3c(F)cccc23)=CS1. The molecule has 1 aliphatic rings. The van der Waals surface area contributed by atoms with Gasteiger partial charge in [-0.3, -0.25) is 4.79 Å². The van der Waals surface area contributed by atoms with Gasteiger partial charge < -0.3 is 10.1 Å². The Morgan fingerprint density at radius 3 is 2.78 bits per heavy atom. The fourth-order valence-electron chi connectivity index (χ4n) is 2.48. The molecule has 0 saturated heterocycles. The zero-order chi connectivity index (χ0) is 16.8. The van der Waals surface area contributed by atoms with Crippen LogP contribution in [0.5, 0.6) is 0 Å². The molecule has 0 amide bonds. The number of rotatable bonds is 4. The van der Waals surface area contributed by atoms with E-state index in [1.807, 2.05) is 0 Å². The van der Waals surface area contributed by atoms with E-state index in [1.54, 1.807) is 12.3 Å². The van der Waals surface area contributed by atoms with E-state index in [9.17, 15) is 22.8 Å². The van der Waals surface area contributed by atoms with Gasteiger partial charge in [0.2, 0.25) is 5.78 Å². The summed E-state index contributed by atoms with van der Waals surface area (Å²) in [7, 11) is 0. The average Bonchev–Trinajstić information content (AvgIpc) is 3.13. The number of fused-ring (bicyclic) bond motifs is 1. The van der Waals surface area contributed by atoms with Gasteiger partial charge in [0.25, 0.3) is 0 Å². The number of nitrogens with one attached hydrogen (secondary N) is 1. The molecule has 0 bridgehead atoms. The topological polar surface area (TPSA) is 70.2 Å². The number of thioether (sulfide) groups is 1. The Kier molecular flexibility index (Phi) is 3.71. The van der Waals surface area contributed by atoms with E-state index >= 15 is 0 Å². The molecular formula is C15H10F3NO3S. The van der Waals surface area contributed by atoms with Crippen LogP contribution in [0.15, 0.2) is 29.8 Å². The van der Waals surface area contributed by atoms with Crippen molar-refractivity contribution < 1.29 is 27.9 Å². The largest absolute Gasteiger partial charge is 0.476 e. The number of para-hydroxylation sites is 1. The number of aliphatic carboxylic acids is 1. The third kappa shape index (κ3) is 2.52. The minimum Gasteiger partial charge on any atom is -0.476 e. The highest BCUT2D eigenvalue weighted by atomic mass is 32.2. The molecule has 1 aliphatic heterocycles. The van der Waals surface area contributed by atoms with Gasteiger partial charge >= 0.3 is 11.9 Å². The van der Waals surface area contributed by atoms with Gasteiger partial charge in [0.05, 0.1) is 10.8 Å². The molecule has 4 nitrogen and oxygen atoms in total. The number of H-pyrrole nitrogens is 1. The maximum Gasteiger partial charge on any atom is 0.400 e. The zero-order valence-electron chi connectivity index (χ0n) is 11.5. The predicted molar refractivity (Wildman–Crippen MR) is 79.8 cm³/mol. The Balaban J connectivity index is 1.86. The molecule has 1 aromatic carbocycles. The predicted octanol–water partition coefficient (Wildman–Crippen LogP) is 3.44. The van der Waals surface area contributed by atoms with Crippen molar-refractivity contribution in [2.45, 2.75) is 17.6 Å². The first kappa shape index (κ1) is 15.7. The van der Waals surface area contributed by atoms with Gasteiger partial charge in [0.1, 0.15) is 5.82 Å². The number of aromatic nitrogens is 1. The number of benzene rings is 1. The summed E-state index contributed by atoms with van der Waals surface area (Å²) in [6, 6.07) is 4.50. The molecule has 2 heterocycles. The number of carboxylic acid groups (broad SMARTS) is 1. The Labute approximate surface area is 132 Å². The van der Waals surface area contributed by atoms with Gasteiger partial charge in [-0.05, 0) is 23.5 Å². The number of hydrogen-bond donors (Lipinski definition) is 2. The van der Waals surface area contributed by atoms with Crippen LogP contribution < -0.4 is 0 Å². The quantitative estimate of drug-likeness (QED) is 0.836. The number of carbonyl (C=O) groups excluding carboxylic acids is 1. The maximum absolute atomic E-state index is 13.7. The smallest absolute Gasteiger partial charge is 0.400 e. The van der Waals surface area contributed by atoms with Crippen LogP contribution in [-0.2, 0) is 9.59 Å². The Morgan fingerprint density at radius 2 is 2.09 bits per heavy atom. The van der Waals surface area contributed by atoms with Crippen LogP contribution in [0.3, 0.4) is 0 Å². The van der Waals surface area contributed by atoms with Crippen molar-refractivity contribution in [3.63, 3.8) is 0 Å². The van der Waals surface area contributed by atoms with Crippen LogP contribution in [0.25, 0.3) is 16.5 Å². The Bertz CT molecular complexity index is 844. The molecule has 0 fully saturated rings. The van der Waals surface area contributed by atoms with Crippen LogP contribution in [0.2, 0.25) is 0 Å². The summed E-state index contributed by atoms with van der Waals surface area (Å²) < 4.78 is 40.3. The Morgan fingerprint density at radius 1 is 1.35 bits per heavy atom. The molecular weight excluding hydrogens is 331 g/mol. The van der Waals surface area contributed by atoms with Gasteiger partial charge in [0, 0.05) is 17.1 Å². The van der Waals surface area contributed by atoms with E-state index in [-0.39, 0.29) is 6.42 Å². The van der Waals surface area contributed by atoms with Gasteiger partial charge in [-0.2, -0.15) is 8.78 Å². The van der Waals surface area contributed by atoms with Gasteiger partial charge in [-0.25, -0.2) is 9.18 Å². The first-order valence-corrected chi connectivity index (χ1v) is 7.52. The summed E-state index contributed by atoms with van der Waals surface area (Å²) in [4.78, 5) is 25.0. The summed E-state index contributed by atoms with van der Waals surface area (Å²) in [5.74, 6) is -8.93. The van der Waals surface area contributed by atoms with Crippen molar-refractivity contribution in [3.8, 4) is 0 Å². The second-order valence-corrected chi connectivity index (χ2v) is 6.16. The molecule has 0 saturated carbocycles. The summed E-state index contributed by atoms with van der Waals surface area (Å²) >= 11 is 0.851. The number of halogens is 3. The normalized spacial score (nSPS) is 18.2. The molecule has 0 spiro atoms. The fourth-order valence-corrected chi connectivity index (χ4v) is 3.58. The molecule has 3 rings (SSSR count). The standard InChI is InChI=1S/C15H10F3NO3S/c16-10-3-1-2-8-9(5-19-12(8)10)7-4-11(23-6-7)13(20)15(17,18)14(21)22/h1-3,5-6,11,19H,4H2,(H,21,22). The van der Waals surface area contributed by atoms with Crippen LogP contribution in [0, 0.1) is 5.82 Å². The lowest BCUT2D eigenvalue weighted by Crippen LogP contribution is -2.42. The highest BCUT2D eigenvalue weighted by molar-refractivity contribution is 8.03. The van der Waals surface area contributed by atoms with Crippen molar-refractivity contribution in [1.82, 2.24) is 4.98 Å². The number of hydrogen-bond acceptors (Lipinski definition) is 3. The fraction of sp³-hybridized carbons (Fsp3) is 0.200. The molecule has 120 valence electrons. The van der Waals surface area contributed by atoms with E-state index in [0.29, 0.717) is 22.0 Å². The van der Waals surface area contributed by atoms with Crippen molar-refractivity contribution >= 4 is 40.0 Å². The molecule has 8 heteroatoms. The maximum atomic E-state index is 13.7. The summed E-state index contributed by atoms with van der Waals surface area (Å²) in [6.07, 6.45) is 1.51. The lowest BCUT2D eigenvalue weighted by atomic mass is 9.99. The second-order valence-electron chi connectivity index (χ2n) is 5.08. The number of alkyl halides is 2. The minimum atomic E-state index is -4.41. The first-order valence-electron chi connectivity index (χ1n) is 6.58. The van der Waals surface area contributed by atoms with Crippen molar-refractivity contribution in [2.24, 2.45) is 0 Å². The summed E-state index contributed by atoms with van der Waals surface area (Å²) in [5.41, 5.74) is 1.49. The number of allylic oxidation sites excluding steroid dienone is 1. The van der Waals surface area contributed by atoms with E-state index < -0.39 is 28.7 Å². The number of ketones is 1. The molecule has 1 aromatic heterocycles. The van der Waals surface area contributed by atoms with E-state index in [0.717, 1.165) is 11.8 Å². The molecule has 0 radical (unpaired) electrons. The Hall–Kier alpha value is -2.22. The van der Waals surface area contributed by atoms with Crippen molar-refractivity contribution in [1.29, 1.82) is 0 Å². The monoisotopic (exact) mass is 341 g/mol. The summed E-state index contributed by atoms with van der Waals surface area (Å²) in [5, 5.41) is 9.39. The lowest BCUT2D eigenvalue weighted by Gasteiger charge is -2.14. The minimum absolute atomic E-state index is 0.0319. The number of carbonyl (C=O) groups is 2. The number of aromatic amines is 1. The third-order valence-electron chi connectivity index (χ3n) is 3.66. The van der Waals surface area contributed by atoms with Crippen LogP contribution in [0.1, 0.15) is 12.0 Å².